The van der Waals surface area contributed by atoms with Crippen LogP contribution < -0.4 is 0 Å². The highest BCUT2D eigenvalue weighted by Gasteiger charge is 1.72. The molecule has 0 atom stereocenters. The molecule has 2 radical (unpaired) electrons. The van der Waals surface area contributed by atoms with Crippen molar-refractivity contribution in [1.29, 1.82) is 0 Å². The van der Waals surface area contributed by atoms with Crippen LogP contribution in [0.1, 0.15) is 20.8 Å². The van der Waals surface area contributed by atoms with E-state index in [1.807, 2.05) is 0 Å². The summed E-state index contributed by atoms with van der Waals surface area (Å²) in [5, 5.41) is 0. The van der Waals surface area contributed by atoms with E-state index in [1.165, 1.54) is 19.0 Å². The molecule has 0 unspecified atom stereocenters. The third-order valence-electron chi connectivity index (χ3n) is 0.986. The molecule has 0 aliphatic carbocycles. The summed E-state index contributed by atoms with van der Waals surface area (Å²) in [4.78, 5) is 0. The summed E-state index contributed by atoms with van der Waals surface area (Å²) in [5.74, 6) is 0. The van der Waals surface area contributed by atoms with Crippen molar-refractivity contribution in [3.05, 3.63) is 0 Å². The van der Waals surface area contributed by atoms with Crippen molar-refractivity contribution in [3.63, 3.8) is 0 Å². The summed E-state index contributed by atoms with van der Waals surface area (Å²) >= 11 is 0. The molecule has 0 aromatic carbocycles. The van der Waals surface area contributed by atoms with Gasteiger partial charge in [-0.15, -0.1) is 0 Å². The minimum Gasteiger partial charge on any atom is -0.0920 e. The Balaban J connectivity index is 0. The largest absolute Gasteiger partial charge is 0.108 e. The van der Waals surface area contributed by atoms with E-state index < -0.39 is 0 Å². The van der Waals surface area contributed by atoms with Crippen LogP contribution in [0.15, 0.2) is 0 Å². The Morgan fingerprint density at radius 2 is 1.22 bits per heavy atom. The fraction of sp³-hybridized carbons (Fsp3) is 1.00. The van der Waals surface area contributed by atoms with Crippen LogP contribution in [-0.4, -0.2) is 14.6 Å². The fourth-order valence-corrected chi connectivity index (χ4v) is 0.289. The van der Waals surface area contributed by atoms with Crippen molar-refractivity contribution < 1.29 is 0 Å². The van der Waals surface area contributed by atoms with Gasteiger partial charge in [0.05, 0.1) is 0 Å². The van der Waals surface area contributed by atoms with E-state index >= 15 is 0 Å². The van der Waals surface area contributed by atoms with Gasteiger partial charge in [0, 0.05) is 0 Å². The third-order valence-corrected chi connectivity index (χ3v) is 0.986. The van der Waals surface area contributed by atoms with Crippen LogP contribution in [0, 0.1) is 0 Å². The van der Waals surface area contributed by atoms with Gasteiger partial charge in [-0.05, 0) is 0 Å². The van der Waals surface area contributed by atoms with Gasteiger partial charge in [0.2, 0.25) is 0 Å². The molecule has 9 heavy (non-hydrogen) atoms. The Bertz CT molecular complexity index is 26.1. The molecule has 0 amide bonds. The maximum atomic E-state index is 2.25. The normalized spacial score (nSPS) is 7.11. The molecular weight excluding hydrogens is 106 g/mol. The Labute approximate surface area is 61.9 Å². The van der Waals surface area contributed by atoms with Gasteiger partial charge in [0.1, 0.15) is 14.6 Å². The molecular formula is C7H18B2. The van der Waals surface area contributed by atoms with Crippen molar-refractivity contribution in [2.24, 2.45) is 0 Å². The van der Waals surface area contributed by atoms with Gasteiger partial charge in [0.25, 0.3) is 0 Å². The zero-order valence-electron chi connectivity index (χ0n) is 7.28. The number of hydrogen-bond donors (Lipinski definition) is 0. The van der Waals surface area contributed by atoms with Crippen molar-refractivity contribution >= 4 is 14.6 Å². The summed E-state index contributed by atoms with van der Waals surface area (Å²) in [6.07, 6.45) is 3.63. The van der Waals surface area contributed by atoms with E-state index in [4.69, 9.17) is 0 Å². The highest BCUT2D eigenvalue weighted by Crippen LogP contribution is 1.77. The van der Waals surface area contributed by atoms with E-state index in [9.17, 15) is 0 Å². The van der Waals surface area contributed by atoms with Gasteiger partial charge in [-0.25, -0.2) is 0 Å². The third kappa shape index (κ3) is 31.2. The zero-order chi connectivity index (χ0) is 7.54. The topological polar surface area (TPSA) is 0 Å². The maximum Gasteiger partial charge on any atom is 0.108 e. The van der Waals surface area contributed by atoms with E-state index in [2.05, 4.69) is 42.2 Å². The minimum atomic E-state index is 1.19. The molecule has 0 heterocycles. The zero-order valence-corrected chi connectivity index (χ0v) is 7.28. The van der Waals surface area contributed by atoms with Crippen LogP contribution in [0.5, 0.6) is 0 Å². The van der Waals surface area contributed by atoms with E-state index in [0.29, 0.717) is 0 Å². The van der Waals surface area contributed by atoms with E-state index in [0.717, 1.165) is 0 Å². The lowest BCUT2D eigenvalue weighted by atomic mass is 9.73. The first-order valence-electron chi connectivity index (χ1n) is 3.92. The van der Waals surface area contributed by atoms with Crippen LogP contribution in [0.3, 0.4) is 0 Å². The maximum absolute atomic E-state index is 2.25. The van der Waals surface area contributed by atoms with E-state index in [1.54, 1.807) is 0 Å². The Hall–Kier alpha value is 0.130. The monoisotopic (exact) mass is 124 g/mol. The highest BCUT2D eigenvalue weighted by molar-refractivity contribution is 6.34. The van der Waals surface area contributed by atoms with Gasteiger partial charge >= 0.3 is 0 Å². The number of hydrogen-bond acceptors (Lipinski definition) is 0. The Morgan fingerprint density at radius 1 is 0.889 bits per heavy atom. The molecule has 0 saturated carbocycles. The molecule has 0 bridgehead atoms. The van der Waals surface area contributed by atoms with Crippen LogP contribution in [0.4, 0.5) is 0 Å². The predicted octanol–water partition coefficient (Wildman–Crippen LogP) is 2.74. The Kier molecular flexibility index (Phi) is 20.7. The summed E-state index contributed by atoms with van der Waals surface area (Å²) in [5.41, 5.74) is 0. The van der Waals surface area contributed by atoms with Crippen LogP contribution in [0.2, 0.25) is 25.8 Å². The van der Waals surface area contributed by atoms with Crippen molar-refractivity contribution in [2.45, 2.75) is 46.6 Å². The summed E-state index contributed by atoms with van der Waals surface area (Å²) < 4.78 is 0. The van der Waals surface area contributed by atoms with Gasteiger partial charge < -0.3 is 0 Å². The lowest BCUT2D eigenvalue weighted by molar-refractivity contribution is 1.36. The highest BCUT2D eigenvalue weighted by atomic mass is 13.5. The van der Waals surface area contributed by atoms with Gasteiger partial charge in [-0.3, -0.25) is 0 Å². The molecule has 0 aromatic heterocycles. The molecule has 0 spiro atoms. The smallest absolute Gasteiger partial charge is 0.0920 e. The average molecular weight is 124 g/mol. The second-order valence-electron chi connectivity index (χ2n) is 1.92. The van der Waals surface area contributed by atoms with Crippen molar-refractivity contribution in [3.8, 4) is 0 Å². The molecule has 0 aromatic rings. The van der Waals surface area contributed by atoms with Crippen LogP contribution in [-0.2, 0) is 0 Å². The first-order chi connectivity index (χ1) is 4.33. The first-order valence-corrected chi connectivity index (χ1v) is 3.92. The molecule has 0 fully saturated rings. The Morgan fingerprint density at radius 3 is 1.22 bits per heavy atom. The molecule has 2 heteroatoms. The van der Waals surface area contributed by atoms with Gasteiger partial charge in [0.15, 0.2) is 0 Å². The van der Waals surface area contributed by atoms with Crippen molar-refractivity contribution in [2.75, 3.05) is 0 Å². The standard InChI is InChI=1S/C4H10B.C3H8B/c1-3-5-4-2;1-3-4-2/h3-4H2,1-2H3;3H2,1-2H3. The molecule has 0 nitrogen and oxygen atoms in total. The van der Waals surface area contributed by atoms with Gasteiger partial charge in [-0.1, -0.05) is 46.6 Å². The quantitative estimate of drug-likeness (QED) is 0.507. The first kappa shape index (κ1) is 11.9. The molecule has 0 rings (SSSR count). The summed E-state index contributed by atoms with van der Waals surface area (Å²) in [6, 6.07) is 0. The summed E-state index contributed by atoms with van der Waals surface area (Å²) in [6.45, 7) is 8.49. The lowest BCUT2D eigenvalue weighted by Crippen LogP contribution is -1.76. The average Bonchev–Trinajstić information content (AvgIpc) is 1.91. The number of rotatable bonds is 3. The van der Waals surface area contributed by atoms with E-state index in [-0.39, 0.29) is 0 Å². The van der Waals surface area contributed by atoms with Crippen LogP contribution >= 0.6 is 0 Å². The molecule has 0 N–H and O–H groups in total. The minimum absolute atomic E-state index is 1.19. The second kappa shape index (κ2) is 15.7. The van der Waals surface area contributed by atoms with Crippen molar-refractivity contribution in [1.82, 2.24) is 0 Å². The summed E-state index contributed by atoms with van der Waals surface area (Å²) in [7, 11) is 4.38. The second-order valence-corrected chi connectivity index (χ2v) is 1.92. The van der Waals surface area contributed by atoms with Crippen LogP contribution in [0.25, 0.3) is 0 Å². The molecule has 0 aliphatic heterocycles. The molecule has 52 valence electrons. The fourth-order valence-electron chi connectivity index (χ4n) is 0.289. The molecule has 0 saturated heterocycles. The predicted molar refractivity (Wildman–Crippen MR) is 48.8 cm³/mol. The van der Waals surface area contributed by atoms with Gasteiger partial charge in [-0.2, -0.15) is 0 Å². The molecule has 0 aliphatic rings. The lowest BCUT2D eigenvalue weighted by Gasteiger charge is -1.75. The SMILES string of the molecule is CC[B]CC.C[B]CC.